The molecule has 21 heavy (non-hydrogen) atoms. The van der Waals surface area contributed by atoms with Gasteiger partial charge in [0.25, 0.3) is 0 Å². The number of anilines is 1. The zero-order chi connectivity index (χ0) is 15.7. The Morgan fingerprint density at radius 3 is 2.71 bits per heavy atom. The standard InChI is InChI=1S/C13H19N3O4S/c1-3-5-6-20-10(17)8-21-13-15-7-9(11(14)16-13)12(18)19-4-2/h7H,3-6,8H2,1-2H3,(H2,14,15,16). The summed E-state index contributed by atoms with van der Waals surface area (Å²) in [6.45, 7) is 4.38. The van der Waals surface area contributed by atoms with E-state index in [1.807, 2.05) is 6.92 Å². The average molecular weight is 313 g/mol. The monoisotopic (exact) mass is 313 g/mol. The molecule has 0 unspecified atom stereocenters. The first-order valence-electron chi connectivity index (χ1n) is 6.66. The molecule has 2 N–H and O–H groups in total. The van der Waals surface area contributed by atoms with E-state index in [1.165, 1.54) is 6.20 Å². The van der Waals surface area contributed by atoms with E-state index >= 15 is 0 Å². The maximum Gasteiger partial charge on any atom is 0.343 e. The minimum absolute atomic E-state index is 0.0327. The molecular formula is C13H19N3O4S. The number of hydrogen-bond donors (Lipinski definition) is 1. The topological polar surface area (TPSA) is 104 Å². The molecule has 0 saturated heterocycles. The summed E-state index contributed by atoms with van der Waals surface area (Å²) in [7, 11) is 0. The summed E-state index contributed by atoms with van der Waals surface area (Å²) in [5.41, 5.74) is 5.79. The zero-order valence-corrected chi connectivity index (χ0v) is 12.9. The Hall–Kier alpha value is -1.83. The fourth-order valence-corrected chi connectivity index (χ4v) is 1.93. The summed E-state index contributed by atoms with van der Waals surface area (Å²) >= 11 is 1.11. The molecule has 0 atom stereocenters. The van der Waals surface area contributed by atoms with Crippen molar-refractivity contribution in [3.05, 3.63) is 11.8 Å². The average Bonchev–Trinajstić information content (AvgIpc) is 2.45. The third kappa shape index (κ3) is 5.99. The Balaban J connectivity index is 2.52. The molecule has 0 aromatic carbocycles. The van der Waals surface area contributed by atoms with E-state index in [-0.39, 0.29) is 29.7 Å². The second-order valence-electron chi connectivity index (χ2n) is 4.03. The van der Waals surface area contributed by atoms with Crippen molar-refractivity contribution in [3.63, 3.8) is 0 Å². The number of ether oxygens (including phenoxy) is 2. The zero-order valence-electron chi connectivity index (χ0n) is 12.1. The van der Waals surface area contributed by atoms with Gasteiger partial charge in [-0.3, -0.25) is 4.79 Å². The lowest BCUT2D eigenvalue weighted by Gasteiger charge is -2.06. The van der Waals surface area contributed by atoms with Gasteiger partial charge in [0.2, 0.25) is 0 Å². The van der Waals surface area contributed by atoms with Crippen LogP contribution in [0.5, 0.6) is 0 Å². The van der Waals surface area contributed by atoms with Crippen LogP contribution in [0.1, 0.15) is 37.0 Å². The molecule has 0 fully saturated rings. The molecule has 0 aliphatic carbocycles. The number of nitrogen functional groups attached to an aromatic ring is 1. The molecule has 0 aliphatic heterocycles. The molecule has 7 nitrogen and oxygen atoms in total. The van der Waals surface area contributed by atoms with Crippen molar-refractivity contribution in [3.8, 4) is 0 Å². The van der Waals surface area contributed by atoms with Crippen LogP contribution < -0.4 is 5.73 Å². The van der Waals surface area contributed by atoms with Crippen molar-refractivity contribution >= 4 is 29.5 Å². The van der Waals surface area contributed by atoms with Crippen molar-refractivity contribution in [1.29, 1.82) is 0 Å². The molecule has 1 aromatic heterocycles. The highest BCUT2D eigenvalue weighted by Crippen LogP contribution is 2.17. The third-order valence-electron chi connectivity index (χ3n) is 2.37. The van der Waals surface area contributed by atoms with Gasteiger partial charge in [-0.2, -0.15) is 0 Å². The fourth-order valence-electron chi connectivity index (χ4n) is 1.31. The second kappa shape index (κ2) is 9.17. The lowest BCUT2D eigenvalue weighted by Crippen LogP contribution is -2.12. The lowest BCUT2D eigenvalue weighted by atomic mass is 10.3. The highest BCUT2D eigenvalue weighted by Gasteiger charge is 2.14. The normalized spacial score (nSPS) is 10.2. The van der Waals surface area contributed by atoms with E-state index in [0.717, 1.165) is 24.6 Å². The number of thioether (sulfide) groups is 1. The third-order valence-corrected chi connectivity index (χ3v) is 3.21. The molecule has 0 radical (unpaired) electrons. The summed E-state index contributed by atoms with van der Waals surface area (Å²) in [6, 6.07) is 0. The van der Waals surface area contributed by atoms with Crippen LogP contribution in [-0.4, -0.2) is 40.9 Å². The van der Waals surface area contributed by atoms with Gasteiger partial charge in [-0.15, -0.1) is 0 Å². The quantitative estimate of drug-likeness (QED) is 0.334. The van der Waals surface area contributed by atoms with E-state index in [0.29, 0.717) is 11.8 Å². The number of carbonyl (C=O) groups excluding carboxylic acids is 2. The number of aromatic nitrogens is 2. The van der Waals surface area contributed by atoms with Crippen LogP contribution in [0.2, 0.25) is 0 Å². The SMILES string of the molecule is CCCCOC(=O)CSc1ncc(C(=O)OCC)c(N)n1. The molecule has 1 heterocycles. The van der Waals surface area contributed by atoms with Gasteiger partial charge in [-0.1, -0.05) is 25.1 Å². The van der Waals surface area contributed by atoms with Crippen LogP contribution in [0.15, 0.2) is 11.4 Å². The maximum absolute atomic E-state index is 11.5. The molecule has 0 bridgehead atoms. The Kier molecular flexibility index (Phi) is 7.52. The first-order valence-corrected chi connectivity index (χ1v) is 7.65. The predicted octanol–water partition coefficient (Wildman–Crippen LogP) is 1.67. The van der Waals surface area contributed by atoms with Crippen molar-refractivity contribution in [2.75, 3.05) is 24.7 Å². The van der Waals surface area contributed by atoms with Crippen LogP contribution in [0.3, 0.4) is 0 Å². The Bertz CT molecular complexity index is 496. The minimum Gasteiger partial charge on any atom is -0.465 e. The largest absolute Gasteiger partial charge is 0.465 e. The molecule has 1 aromatic rings. The lowest BCUT2D eigenvalue weighted by molar-refractivity contribution is -0.140. The molecule has 0 aliphatic rings. The van der Waals surface area contributed by atoms with E-state index in [9.17, 15) is 9.59 Å². The number of nitrogens with two attached hydrogens (primary N) is 1. The van der Waals surface area contributed by atoms with Gasteiger partial charge in [-0.25, -0.2) is 14.8 Å². The number of esters is 2. The van der Waals surface area contributed by atoms with E-state index in [1.54, 1.807) is 6.92 Å². The maximum atomic E-state index is 11.5. The van der Waals surface area contributed by atoms with Crippen LogP contribution in [0, 0.1) is 0 Å². The molecular weight excluding hydrogens is 294 g/mol. The number of hydrogen-bond acceptors (Lipinski definition) is 8. The van der Waals surface area contributed by atoms with Crippen molar-refractivity contribution in [2.24, 2.45) is 0 Å². The van der Waals surface area contributed by atoms with Crippen LogP contribution in [0.25, 0.3) is 0 Å². The minimum atomic E-state index is -0.564. The van der Waals surface area contributed by atoms with Gasteiger partial charge in [0.15, 0.2) is 5.16 Å². The second-order valence-corrected chi connectivity index (χ2v) is 4.98. The number of rotatable bonds is 8. The van der Waals surface area contributed by atoms with E-state index < -0.39 is 5.97 Å². The van der Waals surface area contributed by atoms with Crippen molar-refractivity contribution in [2.45, 2.75) is 31.8 Å². The number of carbonyl (C=O) groups is 2. The van der Waals surface area contributed by atoms with Crippen molar-refractivity contribution < 1.29 is 19.1 Å². The van der Waals surface area contributed by atoms with Crippen LogP contribution >= 0.6 is 11.8 Å². The Labute approximate surface area is 127 Å². The molecule has 116 valence electrons. The Morgan fingerprint density at radius 1 is 1.33 bits per heavy atom. The van der Waals surface area contributed by atoms with Crippen LogP contribution in [-0.2, 0) is 14.3 Å². The van der Waals surface area contributed by atoms with Gasteiger partial charge < -0.3 is 15.2 Å². The predicted molar refractivity (Wildman–Crippen MR) is 79.0 cm³/mol. The van der Waals surface area contributed by atoms with Gasteiger partial charge in [0, 0.05) is 6.20 Å². The molecule has 8 heteroatoms. The van der Waals surface area contributed by atoms with Gasteiger partial charge in [0.1, 0.15) is 11.4 Å². The van der Waals surface area contributed by atoms with Gasteiger partial charge in [0.05, 0.1) is 19.0 Å². The highest BCUT2D eigenvalue weighted by molar-refractivity contribution is 7.99. The van der Waals surface area contributed by atoms with Crippen molar-refractivity contribution in [1.82, 2.24) is 9.97 Å². The van der Waals surface area contributed by atoms with Crippen LogP contribution in [0.4, 0.5) is 5.82 Å². The van der Waals surface area contributed by atoms with E-state index in [2.05, 4.69) is 9.97 Å². The smallest absolute Gasteiger partial charge is 0.343 e. The summed E-state index contributed by atoms with van der Waals surface area (Å²) in [5.74, 6) is -0.761. The molecule has 0 amide bonds. The first-order chi connectivity index (χ1) is 10.1. The molecule has 1 rings (SSSR count). The number of nitrogens with zero attached hydrogens (tertiary/aromatic N) is 2. The van der Waals surface area contributed by atoms with Gasteiger partial charge >= 0.3 is 11.9 Å². The summed E-state index contributed by atoms with van der Waals surface area (Å²) in [4.78, 5) is 30.9. The summed E-state index contributed by atoms with van der Waals surface area (Å²) in [6.07, 6.45) is 3.11. The highest BCUT2D eigenvalue weighted by atomic mass is 32.2. The van der Waals surface area contributed by atoms with E-state index in [4.69, 9.17) is 15.2 Å². The first kappa shape index (κ1) is 17.2. The summed E-state index contributed by atoms with van der Waals surface area (Å²) in [5, 5.41) is 0.313. The van der Waals surface area contributed by atoms with Gasteiger partial charge in [-0.05, 0) is 13.3 Å². The molecule has 0 spiro atoms. The fraction of sp³-hybridized carbons (Fsp3) is 0.538. The molecule has 0 saturated carbocycles. The Morgan fingerprint density at radius 2 is 2.10 bits per heavy atom. The number of unbranched alkanes of at least 4 members (excludes halogenated alkanes) is 1. The summed E-state index contributed by atoms with van der Waals surface area (Å²) < 4.78 is 9.83.